The lowest BCUT2D eigenvalue weighted by Gasteiger charge is -2.33. The van der Waals surface area contributed by atoms with Gasteiger partial charge in [-0.05, 0) is 68.5 Å². The van der Waals surface area contributed by atoms with E-state index < -0.39 is 17.8 Å². The van der Waals surface area contributed by atoms with E-state index in [-0.39, 0.29) is 30.7 Å². The molecule has 7 nitrogen and oxygen atoms in total. The fourth-order valence-corrected chi connectivity index (χ4v) is 5.92. The second kappa shape index (κ2) is 8.37. The molecule has 0 radical (unpaired) electrons. The third-order valence-corrected chi connectivity index (χ3v) is 7.81. The van der Waals surface area contributed by atoms with Crippen LogP contribution in [-0.2, 0) is 22.7 Å². The minimum absolute atomic E-state index is 0.174. The summed E-state index contributed by atoms with van der Waals surface area (Å²) >= 11 is 1.67. The maximum atomic E-state index is 14.5. The molecule has 1 unspecified atom stereocenters. The van der Waals surface area contributed by atoms with E-state index in [9.17, 15) is 18.8 Å². The number of nitrogens with zero attached hydrogens (tertiary/aromatic N) is 3. The summed E-state index contributed by atoms with van der Waals surface area (Å²) in [6.45, 7) is 5.00. The lowest BCUT2D eigenvalue weighted by molar-refractivity contribution is -0.136. The van der Waals surface area contributed by atoms with Gasteiger partial charge in [0.1, 0.15) is 11.9 Å². The highest BCUT2D eigenvalue weighted by Gasteiger charge is 2.41. The summed E-state index contributed by atoms with van der Waals surface area (Å²) in [5.74, 6) is -1.33. The predicted octanol–water partition coefficient (Wildman–Crippen LogP) is 2.73. The average Bonchev–Trinajstić information content (AvgIpc) is 3.31. The second-order valence-electron chi connectivity index (χ2n) is 8.83. The Morgan fingerprint density at radius 1 is 1.19 bits per heavy atom. The number of fused-ring (bicyclic) bond motifs is 1. The zero-order valence-corrected chi connectivity index (χ0v) is 18.7. The highest BCUT2D eigenvalue weighted by Crippen LogP contribution is 2.38. The molecule has 4 heterocycles. The number of hydrogen-bond acceptors (Lipinski definition) is 6. The quantitative estimate of drug-likeness (QED) is 0.716. The van der Waals surface area contributed by atoms with Gasteiger partial charge in [-0.2, -0.15) is 0 Å². The number of piperidine rings is 2. The van der Waals surface area contributed by atoms with Crippen LogP contribution in [0.25, 0.3) is 0 Å². The predicted molar refractivity (Wildman–Crippen MR) is 117 cm³/mol. The molecule has 32 heavy (non-hydrogen) atoms. The van der Waals surface area contributed by atoms with Gasteiger partial charge in [0.15, 0.2) is 0 Å². The molecule has 0 spiro atoms. The van der Waals surface area contributed by atoms with Crippen molar-refractivity contribution in [2.45, 2.75) is 57.7 Å². The number of aromatic nitrogens is 1. The zero-order valence-electron chi connectivity index (χ0n) is 17.9. The van der Waals surface area contributed by atoms with Crippen LogP contribution in [0.4, 0.5) is 4.39 Å². The number of benzene rings is 1. The molecule has 1 aromatic heterocycles. The number of imide groups is 1. The maximum Gasteiger partial charge on any atom is 0.255 e. The van der Waals surface area contributed by atoms with Gasteiger partial charge >= 0.3 is 0 Å². The molecule has 0 bridgehead atoms. The summed E-state index contributed by atoms with van der Waals surface area (Å²) in [4.78, 5) is 46.4. The Morgan fingerprint density at radius 3 is 2.66 bits per heavy atom. The van der Waals surface area contributed by atoms with Gasteiger partial charge in [-0.25, -0.2) is 9.37 Å². The molecular weight excluding hydrogens is 431 g/mol. The Labute approximate surface area is 189 Å². The Morgan fingerprint density at radius 2 is 1.97 bits per heavy atom. The molecule has 5 rings (SSSR count). The van der Waals surface area contributed by atoms with Gasteiger partial charge in [-0.15, -0.1) is 11.3 Å². The number of aryl methyl sites for hydroxylation is 1. The number of carbonyl (C=O) groups excluding carboxylic acids is 3. The molecule has 168 valence electrons. The van der Waals surface area contributed by atoms with Crippen molar-refractivity contribution in [2.24, 2.45) is 0 Å². The van der Waals surface area contributed by atoms with Crippen LogP contribution in [0.3, 0.4) is 0 Å². The molecule has 9 heteroatoms. The molecular formula is C23H25FN4O3S. The Bertz CT molecular complexity index is 1090. The van der Waals surface area contributed by atoms with Crippen molar-refractivity contribution in [1.29, 1.82) is 0 Å². The monoisotopic (exact) mass is 456 g/mol. The maximum absolute atomic E-state index is 14.5. The Kier molecular flexibility index (Phi) is 5.54. The standard InChI is InChI=1S/C23H25FN4O3S/c1-13-20(32-12-25-13)11-27-6-4-14(5-7-27)16-8-15(24)9-17-18(16)10-28(23(17)31)19-2-3-21(29)26-22(19)30/h8-9,12,14,19H,2-7,10-11H2,1H3,(H,26,29,30). The van der Waals surface area contributed by atoms with E-state index in [0.29, 0.717) is 12.0 Å². The van der Waals surface area contributed by atoms with Crippen LogP contribution in [0.5, 0.6) is 0 Å². The van der Waals surface area contributed by atoms with E-state index in [0.717, 1.165) is 49.3 Å². The van der Waals surface area contributed by atoms with Gasteiger partial charge in [0.05, 0.1) is 11.2 Å². The Hall–Kier alpha value is -2.65. The normalized spacial score (nSPS) is 22.4. The molecule has 0 aliphatic carbocycles. The molecule has 3 aliphatic rings. The van der Waals surface area contributed by atoms with Gasteiger partial charge in [0.2, 0.25) is 11.8 Å². The largest absolute Gasteiger partial charge is 0.322 e. The summed E-state index contributed by atoms with van der Waals surface area (Å²) < 4.78 is 14.5. The number of nitrogens with one attached hydrogen (secondary N) is 1. The van der Waals surface area contributed by atoms with Crippen LogP contribution in [0.1, 0.15) is 63.7 Å². The van der Waals surface area contributed by atoms with Gasteiger partial charge in [-0.3, -0.25) is 24.6 Å². The van der Waals surface area contributed by atoms with E-state index in [1.54, 1.807) is 17.4 Å². The number of carbonyl (C=O) groups is 3. The lowest BCUT2D eigenvalue weighted by atomic mass is 9.85. The number of amides is 3. The van der Waals surface area contributed by atoms with Crippen LogP contribution in [0.2, 0.25) is 0 Å². The highest BCUT2D eigenvalue weighted by atomic mass is 32.1. The highest BCUT2D eigenvalue weighted by molar-refractivity contribution is 7.09. The molecule has 1 N–H and O–H groups in total. The molecule has 2 fully saturated rings. The number of likely N-dealkylation sites (tertiary alicyclic amines) is 1. The summed E-state index contributed by atoms with van der Waals surface area (Å²) in [6.07, 6.45) is 2.29. The number of rotatable bonds is 4. The van der Waals surface area contributed by atoms with E-state index in [2.05, 4.69) is 15.2 Å². The van der Waals surface area contributed by atoms with Crippen LogP contribution in [0, 0.1) is 12.7 Å². The molecule has 3 amide bonds. The summed E-state index contributed by atoms with van der Waals surface area (Å²) in [5.41, 5.74) is 5.02. The smallest absolute Gasteiger partial charge is 0.255 e. The first-order chi connectivity index (χ1) is 15.4. The fraction of sp³-hybridized carbons (Fsp3) is 0.478. The van der Waals surface area contributed by atoms with Crippen LogP contribution in [0.15, 0.2) is 17.6 Å². The zero-order chi connectivity index (χ0) is 22.4. The molecule has 2 aromatic rings. The van der Waals surface area contributed by atoms with Crippen molar-refractivity contribution in [3.63, 3.8) is 0 Å². The van der Waals surface area contributed by atoms with Gasteiger partial charge in [0, 0.05) is 30.0 Å². The molecule has 1 atom stereocenters. The van der Waals surface area contributed by atoms with E-state index in [1.807, 2.05) is 12.4 Å². The SMILES string of the molecule is Cc1ncsc1CN1CCC(c2cc(F)cc3c2CN(C2CCC(=O)NC2=O)C3=O)CC1. The van der Waals surface area contributed by atoms with Gasteiger partial charge < -0.3 is 4.90 Å². The molecule has 3 aliphatic heterocycles. The summed E-state index contributed by atoms with van der Waals surface area (Å²) in [7, 11) is 0. The molecule has 2 saturated heterocycles. The summed E-state index contributed by atoms with van der Waals surface area (Å²) in [6, 6.07) is 2.16. The van der Waals surface area contributed by atoms with Gasteiger partial charge in [-0.1, -0.05) is 0 Å². The summed E-state index contributed by atoms with van der Waals surface area (Å²) in [5, 5.41) is 2.31. The van der Waals surface area contributed by atoms with Gasteiger partial charge in [0.25, 0.3) is 5.91 Å². The average molecular weight is 457 g/mol. The van der Waals surface area contributed by atoms with Crippen molar-refractivity contribution in [2.75, 3.05) is 13.1 Å². The first kappa shape index (κ1) is 21.2. The third kappa shape index (κ3) is 3.84. The topological polar surface area (TPSA) is 82.6 Å². The van der Waals surface area contributed by atoms with Crippen molar-refractivity contribution < 1.29 is 18.8 Å². The van der Waals surface area contributed by atoms with E-state index in [1.165, 1.54) is 15.8 Å². The second-order valence-corrected chi connectivity index (χ2v) is 9.77. The molecule has 0 saturated carbocycles. The van der Waals surface area contributed by atoms with Crippen LogP contribution in [-0.4, -0.2) is 51.6 Å². The number of thiazole rings is 1. The van der Waals surface area contributed by atoms with Crippen molar-refractivity contribution >= 4 is 29.1 Å². The number of hydrogen-bond donors (Lipinski definition) is 1. The van der Waals surface area contributed by atoms with Crippen molar-refractivity contribution in [3.8, 4) is 0 Å². The van der Waals surface area contributed by atoms with E-state index in [4.69, 9.17) is 0 Å². The first-order valence-corrected chi connectivity index (χ1v) is 11.9. The Balaban J connectivity index is 1.33. The minimum atomic E-state index is -0.687. The molecule has 1 aromatic carbocycles. The minimum Gasteiger partial charge on any atom is -0.322 e. The van der Waals surface area contributed by atoms with Crippen molar-refractivity contribution in [1.82, 2.24) is 20.1 Å². The fourth-order valence-electron chi connectivity index (χ4n) is 5.10. The van der Waals surface area contributed by atoms with Crippen molar-refractivity contribution in [3.05, 3.63) is 50.7 Å². The lowest BCUT2D eigenvalue weighted by Crippen LogP contribution is -2.52. The first-order valence-electron chi connectivity index (χ1n) is 11.0. The third-order valence-electron chi connectivity index (χ3n) is 6.89. The number of halogens is 1. The van der Waals surface area contributed by atoms with E-state index >= 15 is 0 Å². The van der Waals surface area contributed by atoms with Crippen LogP contribution >= 0.6 is 11.3 Å². The van der Waals surface area contributed by atoms with Crippen LogP contribution < -0.4 is 5.32 Å².